The van der Waals surface area contributed by atoms with E-state index >= 15 is 0 Å². The molecule has 0 unspecified atom stereocenters. The van der Waals surface area contributed by atoms with Crippen molar-refractivity contribution < 1.29 is 18.7 Å². The molecule has 1 saturated heterocycles. The summed E-state index contributed by atoms with van der Waals surface area (Å²) in [5.41, 5.74) is 4.62. The lowest BCUT2D eigenvalue weighted by molar-refractivity contribution is -0.149. The molecule has 2 aromatic heterocycles. The Labute approximate surface area is 176 Å². The molecule has 1 aromatic carbocycles. The largest absolute Gasteiger partial charge is 0.466 e. The van der Waals surface area contributed by atoms with Gasteiger partial charge < -0.3 is 18.6 Å². The smallest absolute Gasteiger partial charge is 0.309 e. The van der Waals surface area contributed by atoms with Gasteiger partial charge in [-0.05, 0) is 39.2 Å². The normalized spacial score (nSPS) is 15.0. The summed E-state index contributed by atoms with van der Waals surface area (Å²) in [5.74, 6) is 0.535. The molecule has 1 aliphatic rings. The molecular formula is C24H28N2O4. The third-order valence-corrected chi connectivity index (χ3v) is 5.80. The van der Waals surface area contributed by atoms with Crippen molar-refractivity contribution in [1.82, 2.24) is 9.47 Å². The van der Waals surface area contributed by atoms with Gasteiger partial charge in [0.15, 0.2) is 5.58 Å². The molecule has 30 heavy (non-hydrogen) atoms. The zero-order chi connectivity index (χ0) is 21.3. The van der Waals surface area contributed by atoms with Crippen LogP contribution in [0.2, 0.25) is 0 Å². The minimum absolute atomic E-state index is 0.0199. The van der Waals surface area contributed by atoms with E-state index in [9.17, 15) is 9.59 Å². The van der Waals surface area contributed by atoms with E-state index in [0.717, 1.165) is 22.4 Å². The highest BCUT2D eigenvalue weighted by atomic mass is 16.5. The Balaban J connectivity index is 1.57. The number of furan rings is 1. The van der Waals surface area contributed by atoms with Crippen LogP contribution in [0.4, 0.5) is 0 Å². The van der Waals surface area contributed by atoms with Gasteiger partial charge in [0.25, 0.3) is 5.91 Å². The summed E-state index contributed by atoms with van der Waals surface area (Å²) in [6, 6.07) is 12.2. The summed E-state index contributed by atoms with van der Waals surface area (Å²) in [4.78, 5) is 27.2. The van der Waals surface area contributed by atoms with Crippen LogP contribution in [0.5, 0.6) is 0 Å². The van der Waals surface area contributed by atoms with Crippen LogP contribution in [-0.2, 0) is 16.1 Å². The maximum atomic E-state index is 13.4. The second-order valence-corrected chi connectivity index (χ2v) is 8.03. The van der Waals surface area contributed by atoms with Crippen LogP contribution in [0.25, 0.3) is 11.1 Å². The van der Waals surface area contributed by atoms with Crippen LogP contribution < -0.4 is 0 Å². The van der Waals surface area contributed by atoms with Gasteiger partial charge in [-0.3, -0.25) is 9.59 Å². The highest BCUT2D eigenvalue weighted by molar-refractivity contribution is 5.98. The molecule has 0 N–H and O–H groups in total. The molecule has 6 nitrogen and oxygen atoms in total. The monoisotopic (exact) mass is 408 g/mol. The average molecular weight is 408 g/mol. The zero-order valence-corrected chi connectivity index (χ0v) is 17.8. The van der Waals surface area contributed by atoms with Crippen molar-refractivity contribution >= 4 is 23.0 Å². The topological polar surface area (TPSA) is 64.7 Å². The molecule has 3 heterocycles. The van der Waals surface area contributed by atoms with Gasteiger partial charge >= 0.3 is 5.97 Å². The highest BCUT2D eigenvalue weighted by Crippen LogP contribution is 2.27. The molecule has 0 bridgehead atoms. The molecule has 4 rings (SSSR count). The number of likely N-dealkylation sites (tertiary alicyclic amines) is 1. The molecule has 6 heteroatoms. The second kappa shape index (κ2) is 8.38. The Kier molecular flexibility index (Phi) is 5.66. The molecule has 1 aliphatic heterocycles. The van der Waals surface area contributed by atoms with Crippen molar-refractivity contribution in [3.8, 4) is 0 Å². The Bertz CT molecular complexity index is 1050. The highest BCUT2D eigenvalue weighted by Gasteiger charge is 2.30. The number of benzene rings is 1. The third-order valence-electron chi connectivity index (χ3n) is 5.80. The van der Waals surface area contributed by atoms with Crippen molar-refractivity contribution in [3.63, 3.8) is 0 Å². The maximum absolute atomic E-state index is 13.4. The number of carbonyl (C=O) groups is 2. The summed E-state index contributed by atoms with van der Waals surface area (Å²) < 4.78 is 13.0. The number of aryl methyl sites for hydroxylation is 2. The van der Waals surface area contributed by atoms with Gasteiger partial charge in [0.05, 0.1) is 18.0 Å². The minimum atomic E-state index is -0.152. The third kappa shape index (κ3) is 3.99. The number of piperidine rings is 1. The predicted molar refractivity (Wildman–Crippen MR) is 114 cm³/mol. The van der Waals surface area contributed by atoms with Gasteiger partial charge in [-0.25, -0.2) is 0 Å². The SMILES string of the molecule is CCOC(=O)C1CCN(C(=O)c2cc3oc(C)cc3n2Cc2ccc(C)cc2)CC1. The van der Waals surface area contributed by atoms with Crippen LogP contribution in [0.1, 0.15) is 47.1 Å². The van der Waals surface area contributed by atoms with Gasteiger partial charge in [0.2, 0.25) is 0 Å². The number of amides is 1. The summed E-state index contributed by atoms with van der Waals surface area (Å²) in [6.45, 7) is 7.89. The van der Waals surface area contributed by atoms with Gasteiger partial charge in [0.1, 0.15) is 11.5 Å². The van der Waals surface area contributed by atoms with Crippen LogP contribution in [0.15, 0.2) is 40.8 Å². The van der Waals surface area contributed by atoms with E-state index in [2.05, 4.69) is 31.2 Å². The molecule has 0 spiro atoms. The number of esters is 1. The number of aromatic nitrogens is 1. The number of hydrogen-bond donors (Lipinski definition) is 0. The number of carbonyl (C=O) groups excluding carboxylic acids is 2. The van der Waals surface area contributed by atoms with E-state index < -0.39 is 0 Å². The molecule has 1 fully saturated rings. The van der Waals surface area contributed by atoms with Crippen molar-refractivity contribution in [3.05, 3.63) is 59.0 Å². The van der Waals surface area contributed by atoms with E-state index in [1.165, 1.54) is 5.56 Å². The van der Waals surface area contributed by atoms with E-state index in [4.69, 9.17) is 9.15 Å². The van der Waals surface area contributed by atoms with E-state index in [1.54, 1.807) is 0 Å². The van der Waals surface area contributed by atoms with E-state index in [1.807, 2.05) is 35.4 Å². The number of fused-ring (bicyclic) bond motifs is 1. The zero-order valence-electron chi connectivity index (χ0n) is 17.8. The fraction of sp³-hybridized carbons (Fsp3) is 0.417. The van der Waals surface area contributed by atoms with Gasteiger partial charge in [-0.1, -0.05) is 29.8 Å². The first-order chi connectivity index (χ1) is 14.5. The molecule has 1 amide bonds. The number of hydrogen-bond acceptors (Lipinski definition) is 4. The number of ether oxygens (including phenoxy) is 1. The first-order valence-corrected chi connectivity index (χ1v) is 10.6. The minimum Gasteiger partial charge on any atom is -0.466 e. The number of nitrogens with zero attached hydrogens (tertiary/aromatic N) is 2. The van der Waals surface area contributed by atoms with Crippen LogP contribution >= 0.6 is 0 Å². The van der Waals surface area contributed by atoms with Gasteiger partial charge in [-0.2, -0.15) is 0 Å². The Morgan fingerprint density at radius 2 is 1.80 bits per heavy atom. The Hall–Kier alpha value is -3.02. The first kappa shape index (κ1) is 20.3. The molecule has 158 valence electrons. The summed E-state index contributed by atoms with van der Waals surface area (Å²) in [7, 11) is 0. The lowest BCUT2D eigenvalue weighted by Crippen LogP contribution is -2.41. The average Bonchev–Trinajstić information content (AvgIpc) is 3.26. The molecule has 3 aromatic rings. The molecule has 0 radical (unpaired) electrons. The molecular weight excluding hydrogens is 380 g/mol. The maximum Gasteiger partial charge on any atom is 0.309 e. The Morgan fingerprint density at radius 1 is 1.10 bits per heavy atom. The fourth-order valence-corrected chi connectivity index (χ4v) is 4.13. The quantitative estimate of drug-likeness (QED) is 0.590. The molecule has 0 atom stereocenters. The molecule has 0 saturated carbocycles. The second-order valence-electron chi connectivity index (χ2n) is 8.03. The summed E-state index contributed by atoms with van der Waals surface area (Å²) in [5, 5.41) is 0. The van der Waals surface area contributed by atoms with Crippen LogP contribution in [0.3, 0.4) is 0 Å². The predicted octanol–water partition coefficient (Wildman–Crippen LogP) is 4.31. The van der Waals surface area contributed by atoms with Crippen molar-refractivity contribution in [2.45, 2.75) is 40.2 Å². The Morgan fingerprint density at radius 3 is 2.47 bits per heavy atom. The molecule has 0 aliphatic carbocycles. The van der Waals surface area contributed by atoms with Crippen LogP contribution in [0, 0.1) is 19.8 Å². The van der Waals surface area contributed by atoms with Crippen molar-refractivity contribution in [2.75, 3.05) is 19.7 Å². The first-order valence-electron chi connectivity index (χ1n) is 10.6. The van der Waals surface area contributed by atoms with Gasteiger partial charge in [-0.15, -0.1) is 0 Å². The van der Waals surface area contributed by atoms with E-state index in [0.29, 0.717) is 44.8 Å². The van der Waals surface area contributed by atoms with Crippen molar-refractivity contribution in [2.24, 2.45) is 5.92 Å². The van der Waals surface area contributed by atoms with Gasteiger partial charge in [0, 0.05) is 31.8 Å². The van der Waals surface area contributed by atoms with Crippen molar-refractivity contribution in [1.29, 1.82) is 0 Å². The fourth-order valence-electron chi connectivity index (χ4n) is 4.13. The number of rotatable bonds is 5. The standard InChI is InChI=1S/C24H28N2O4/c1-4-29-24(28)19-9-11-25(12-10-19)23(27)21-14-22-20(13-17(3)30-22)26(21)15-18-7-5-16(2)6-8-18/h5-8,13-14,19H,4,9-12,15H2,1-3H3. The summed E-state index contributed by atoms with van der Waals surface area (Å²) >= 11 is 0. The summed E-state index contributed by atoms with van der Waals surface area (Å²) in [6.07, 6.45) is 1.27. The lowest BCUT2D eigenvalue weighted by atomic mass is 9.97. The van der Waals surface area contributed by atoms with Crippen LogP contribution in [-0.4, -0.2) is 41.0 Å². The van der Waals surface area contributed by atoms with E-state index in [-0.39, 0.29) is 17.8 Å². The lowest BCUT2D eigenvalue weighted by Gasteiger charge is -2.31.